The number of fused-ring (bicyclic) bond motifs is 1. The molecule has 3 nitrogen and oxygen atoms in total. The highest BCUT2D eigenvalue weighted by atomic mass is 16.2. The minimum atomic E-state index is 0.0153. The van der Waals surface area contributed by atoms with Crippen LogP contribution in [0.4, 0.5) is 0 Å². The number of hydrogen-bond donors (Lipinski definition) is 1. The van der Waals surface area contributed by atoms with E-state index in [1.165, 1.54) is 18.5 Å². The third-order valence-electron chi connectivity index (χ3n) is 6.58. The summed E-state index contributed by atoms with van der Waals surface area (Å²) in [6, 6.07) is 11.1. The molecule has 1 aliphatic heterocycles. The second-order valence-electron chi connectivity index (χ2n) is 10.3. The minimum absolute atomic E-state index is 0.0153. The lowest BCUT2D eigenvalue weighted by molar-refractivity contribution is -0.130. The largest absolute Gasteiger partial charge is 0.353 e. The predicted molar refractivity (Wildman–Crippen MR) is 112 cm³/mol. The molecule has 0 radical (unpaired) electrons. The van der Waals surface area contributed by atoms with E-state index in [0.717, 1.165) is 31.8 Å². The number of nitrogens with one attached hydrogen (secondary N) is 1. The molecule has 1 aromatic carbocycles. The van der Waals surface area contributed by atoms with E-state index in [-0.39, 0.29) is 17.2 Å². The Morgan fingerprint density at radius 3 is 2.48 bits per heavy atom. The minimum Gasteiger partial charge on any atom is -0.353 e. The first-order valence-corrected chi connectivity index (χ1v) is 10.8. The summed E-state index contributed by atoms with van der Waals surface area (Å²) in [4.78, 5) is 15.7. The Morgan fingerprint density at radius 1 is 1.15 bits per heavy atom. The molecule has 0 aromatic heterocycles. The molecule has 4 atom stereocenters. The van der Waals surface area contributed by atoms with Crippen LogP contribution >= 0.6 is 0 Å². The van der Waals surface area contributed by atoms with Gasteiger partial charge in [0.2, 0.25) is 5.91 Å². The van der Waals surface area contributed by atoms with Crippen LogP contribution in [0.2, 0.25) is 0 Å². The molecular formula is C24H38N2O. The van der Waals surface area contributed by atoms with Crippen molar-refractivity contribution < 1.29 is 4.79 Å². The fraction of sp³-hybridized carbons (Fsp3) is 0.708. The molecule has 1 heterocycles. The first-order chi connectivity index (χ1) is 12.7. The lowest BCUT2D eigenvalue weighted by Gasteiger charge is -2.33. The molecule has 3 heteroatoms. The van der Waals surface area contributed by atoms with Gasteiger partial charge in [0, 0.05) is 31.6 Å². The van der Waals surface area contributed by atoms with Crippen molar-refractivity contribution in [1.29, 1.82) is 0 Å². The van der Waals surface area contributed by atoms with Crippen LogP contribution in [-0.2, 0) is 11.3 Å². The van der Waals surface area contributed by atoms with Gasteiger partial charge in [-0.15, -0.1) is 0 Å². The van der Waals surface area contributed by atoms with Crippen molar-refractivity contribution in [2.24, 2.45) is 29.1 Å². The van der Waals surface area contributed by atoms with Gasteiger partial charge in [0.05, 0.1) is 0 Å². The quantitative estimate of drug-likeness (QED) is 0.786. The normalized spacial score (nSPS) is 27.0. The van der Waals surface area contributed by atoms with Gasteiger partial charge in [-0.3, -0.25) is 9.69 Å². The number of rotatable bonds is 6. The maximum absolute atomic E-state index is 13.1. The molecule has 3 rings (SSSR count). The van der Waals surface area contributed by atoms with E-state index in [2.05, 4.69) is 75.2 Å². The van der Waals surface area contributed by atoms with E-state index >= 15 is 0 Å². The van der Waals surface area contributed by atoms with Crippen molar-refractivity contribution in [3.63, 3.8) is 0 Å². The van der Waals surface area contributed by atoms with Gasteiger partial charge in [0.25, 0.3) is 0 Å². The Kier molecular flexibility index (Phi) is 6.30. The molecule has 2 fully saturated rings. The van der Waals surface area contributed by atoms with Crippen LogP contribution in [0.15, 0.2) is 30.3 Å². The monoisotopic (exact) mass is 370 g/mol. The molecule has 1 saturated carbocycles. The highest BCUT2D eigenvalue weighted by Gasteiger charge is 2.44. The van der Waals surface area contributed by atoms with Crippen LogP contribution in [0.1, 0.15) is 59.4 Å². The van der Waals surface area contributed by atoms with Crippen LogP contribution < -0.4 is 5.32 Å². The van der Waals surface area contributed by atoms with E-state index in [9.17, 15) is 4.79 Å². The molecule has 0 bridgehead atoms. The molecule has 1 saturated heterocycles. The van der Waals surface area contributed by atoms with Gasteiger partial charge < -0.3 is 5.32 Å². The summed E-state index contributed by atoms with van der Waals surface area (Å²) in [7, 11) is 0. The zero-order chi connectivity index (χ0) is 19.6. The molecule has 150 valence electrons. The Bertz CT molecular complexity index is 619. The van der Waals surface area contributed by atoms with Crippen LogP contribution in [0.3, 0.4) is 0 Å². The number of nitrogens with zero attached hydrogens (tertiary/aromatic N) is 1. The number of carbonyl (C=O) groups is 1. The van der Waals surface area contributed by atoms with Crippen molar-refractivity contribution in [2.45, 2.75) is 66.5 Å². The maximum atomic E-state index is 13.1. The van der Waals surface area contributed by atoms with Gasteiger partial charge in [-0.2, -0.15) is 0 Å². The van der Waals surface area contributed by atoms with Crippen LogP contribution in [0.5, 0.6) is 0 Å². The van der Waals surface area contributed by atoms with Crippen molar-refractivity contribution in [3.8, 4) is 0 Å². The molecule has 1 aliphatic carbocycles. The second kappa shape index (κ2) is 8.34. The van der Waals surface area contributed by atoms with Crippen molar-refractivity contribution >= 4 is 5.91 Å². The summed E-state index contributed by atoms with van der Waals surface area (Å²) in [6.07, 6.45) is 3.38. The molecule has 0 unspecified atom stereocenters. The molecule has 1 N–H and O–H groups in total. The maximum Gasteiger partial charge on any atom is 0.223 e. The van der Waals surface area contributed by atoms with Crippen molar-refractivity contribution in [3.05, 3.63) is 35.9 Å². The van der Waals surface area contributed by atoms with E-state index in [4.69, 9.17) is 0 Å². The zero-order valence-corrected chi connectivity index (χ0v) is 17.9. The van der Waals surface area contributed by atoms with Crippen LogP contribution in [0.25, 0.3) is 0 Å². The summed E-state index contributed by atoms with van der Waals surface area (Å²) in [6.45, 7) is 14.4. The summed E-state index contributed by atoms with van der Waals surface area (Å²) >= 11 is 0. The van der Waals surface area contributed by atoms with E-state index in [1.807, 2.05) is 0 Å². The predicted octanol–water partition coefficient (Wildman–Crippen LogP) is 4.72. The van der Waals surface area contributed by atoms with Crippen molar-refractivity contribution in [1.82, 2.24) is 10.2 Å². The Morgan fingerprint density at radius 2 is 1.85 bits per heavy atom. The third-order valence-corrected chi connectivity index (χ3v) is 6.58. The van der Waals surface area contributed by atoms with Crippen LogP contribution in [0, 0.1) is 29.1 Å². The highest BCUT2D eigenvalue weighted by molar-refractivity contribution is 5.79. The lowest BCUT2D eigenvalue weighted by atomic mass is 9.75. The zero-order valence-electron chi connectivity index (χ0n) is 17.9. The summed E-state index contributed by atoms with van der Waals surface area (Å²) in [5.41, 5.74) is 1.41. The smallest absolute Gasteiger partial charge is 0.223 e. The van der Waals surface area contributed by atoms with Gasteiger partial charge in [-0.25, -0.2) is 0 Å². The summed E-state index contributed by atoms with van der Waals surface area (Å²) in [5.74, 6) is 2.29. The number of amides is 1. The molecule has 27 heavy (non-hydrogen) atoms. The van der Waals surface area contributed by atoms with Crippen molar-refractivity contribution in [2.75, 3.05) is 13.1 Å². The lowest BCUT2D eigenvalue weighted by Crippen LogP contribution is -2.46. The molecular weight excluding hydrogens is 332 g/mol. The fourth-order valence-corrected chi connectivity index (χ4v) is 5.12. The molecule has 1 amide bonds. The third kappa shape index (κ3) is 5.13. The first kappa shape index (κ1) is 20.4. The molecule has 2 aliphatic rings. The standard InChI is InChI=1S/C24H38N2O/c1-17(2)13-21(24(3,4)5)23(27)25-22-12-11-19-15-26(16-20(19)22)14-18-9-7-6-8-10-18/h6-10,17,19-22H,11-16H2,1-5H3,(H,25,27)/t19-,20+,21-,22+/m1/s1. The Labute approximate surface area is 165 Å². The van der Waals surface area contributed by atoms with Gasteiger partial charge in [0.1, 0.15) is 0 Å². The van der Waals surface area contributed by atoms with E-state index in [0.29, 0.717) is 17.9 Å². The van der Waals surface area contributed by atoms with Gasteiger partial charge >= 0.3 is 0 Å². The number of hydrogen-bond acceptors (Lipinski definition) is 2. The van der Waals surface area contributed by atoms with Gasteiger partial charge in [0.15, 0.2) is 0 Å². The summed E-state index contributed by atoms with van der Waals surface area (Å²) < 4.78 is 0. The first-order valence-electron chi connectivity index (χ1n) is 10.8. The van der Waals surface area contributed by atoms with Gasteiger partial charge in [-0.1, -0.05) is 65.0 Å². The average Bonchev–Trinajstić information content (AvgIpc) is 3.14. The fourth-order valence-electron chi connectivity index (χ4n) is 5.12. The van der Waals surface area contributed by atoms with Crippen LogP contribution in [-0.4, -0.2) is 29.9 Å². The summed E-state index contributed by atoms with van der Waals surface area (Å²) in [5, 5.41) is 3.48. The SMILES string of the molecule is CC(C)C[C@H](C(=O)N[C@H]1CC[C@@H]2CN(Cc3ccccc3)C[C@@H]21)C(C)(C)C. The number of benzene rings is 1. The molecule has 1 aromatic rings. The Balaban J connectivity index is 1.59. The molecule has 0 spiro atoms. The number of carbonyl (C=O) groups excluding carboxylic acids is 1. The topological polar surface area (TPSA) is 32.3 Å². The highest BCUT2D eigenvalue weighted by Crippen LogP contribution is 2.39. The Hall–Kier alpha value is -1.35. The number of likely N-dealkylation sites (tertiary alicyclic amines) is 1. The second-order valence-corrected chi connectivity index (χ2v) is 10.3. The van der Waals surface area contributed by atoms with E-state index < -0.39 is 0 Å². The van der Waals surface area contributed by atoms with Gasteiger partial charge in [-0.05, 0) is 48.0 Å². The van der Waals surface area contributed by atoms with E-state index in [1.54, 1.807) is 0 Å². The average molecular weight is 371 g/mol.